The van der Waals surface area contributed by atoms with Crippen molar-refractivity contribution in [2.75, 3.05) is 12.8 Å². The van der Waals surface area contributed by atoms with Crippen molar-refractivity contribution >= 4 is 11.6 Å². The van der Waals surface area contributed by atoms with Gasteiger partial charge in [-0.15, -0.1) is 0 Å². The zero-order valence-corrected chi connectivity index (χ0v) is 11.9. The summed E-state index contributed by atoms with van der Waals surface area (Å²) >= 11 is 0. The van der Waals surface area contributed by atoms with Gasteiger partial charge >= 0.3 is 0 Å². The first-order valence-corrected chi connectivity index (χ1v) is 6.52. The van der Waals surface area contributed by atoms with E-state index in [-0.39, 0.29) is 17.3 Å². The smallest absolute Gasteiger partial charge is 0.253 e. The molecule has 0 radical (unpaired) electrons. The number of carbonyl (C=O) groups excluding carboxylic acids is 1. The number of methoxy groups -OCH3 is 1. The minimum absolute atomic E-state index is 0.122. The number of ether oxygens (including phenoxy) is 1. The van der Waals surface area contributed by atoms with E-state index in [0.29, 0.717) is 5.75 Å². The lowest BCUT2D eigenvalue weighted by molar-refractivity contribution is 0.0940. The number of anilines is 1. The number of nitrogen functional groups attached to an aromatic ring is 1. The first-order chi connectivity index (χ1) is 10.0. The Morgan fingerprint density at radius 2 is 1.95 bits per heavy atom. The summed E-state index contributed by atoms with van der Waals surface area (Å²) in [5.74, 6) is -0.351. The number of carbonyl (C=O) groups is 1. The number of halogens is 1. The average Bonchev–Trinajstić information content (AvgIpc) is 2.49. The lowest BCUT2D eigenvalue weighted by Crippen LogP contribution is -2.27. The first kappa shape index (κ1) is 14.8. The van der Waals surface area contributed by atoms with E-state index >= 15 is 0 Å². The molecule has 0 bridgehead atoms. The summed E-state index contributed by atoms with van der Waals surface area (Å²) in [6, 6.07) is 11.2. The van der Waals surface area contributed by atoms with E-state index in [1.54, 1.807) is 7.11 Å². The predicted molar refractivity (Wildman–Crippen MR) is 79.7 cm³/mol. The molecule has 0 saturated heterocycles. The maximum Gasteiger partial charge on any atom is 0.253 e. The normalized spacial score (nSPS) is 11.8. The molecule has 0 unspecified atom stereocenters. The van der Waals surface area contributed by atoms with Gasteiger partial charge < -0.3 is 15.8 Å². The van der Waals surface area contributed by atoms with E-state index in [2.05, 4.69) is 5.32 Å². The number of amides is 1. The second-order valence-corrected chi connectivity index (χ2v) is 4.64. The van der Waals surface area contributed by atoms with E-state index in [9.17, 15) is 9.18 Å². The molecule has 4 nitrogen and oxygen atoms in total. The highest BCUT2D eigenvalue weighted by molar-refractivity contribution is 5.99. The second kappa shape index (κ2) is 6.26. The fourth-order valence-electron chi connectivity index (χ4n) is 2.11. The molecule has 21 heavy (non-hydrogen) atoms. The largest absolute Gasteiger partial charge is 0.496 e. The fraction of sp³-hybridized carbons (Fsp3) is 0.188. The quantitative estimate of drug-likeness (QED) is 0.850. The predicted octanol–water partition coefficient (Wildman–Crippen LogP) is 2.91. The summed E-state index contributed by atoms with van der Waals surface area (Å²) in [5.41, 5.74) is 6.40. The van der Waals surface area contributed by atoms with Crippen molar-refractivity contribution in [2.45, 2.75) is 13.0 Å². The van der Waals surface area contributed by atoms with Gasteiger partial charge in [-0.3, -0.25) is 4.79 Å². The van der Waals surface area contributed by atoms with Gasteiger partial charge in [0.1, 0.15) is 11.6 Å². The topological polar surface area (TPSA) is 64.3 Å². The van der Waals surface area contributed by atoms with Crippen LogP contribution in [-0.2, 0) is 0 Å². The van der Waals surface area contributed by atoms with Crippen LogP contribution < -0.4 is 15.8 Å². The van der Waals surface area contributed by atoms with Crippen molar-refractivity contribution in [1.82, 2.24) is 5.32 Å². The Bertz CT molecular complexity index is 658. The van der Waals surface area contributed by atoms with E-state index in [0.717, 1.165) is 5.56 Å². The van der Waals surface area contributed by atoms with Crippen molar-refractivity contribution in [1.29, 1.82) is 0 Å². The highest BCUT2D eigenvalue weighted by atomic mass is 19.1. The lowest BCUT2D eigenvalue weighted by Gasteiger charge is -2.17. The van der Waals surface area contributed by atoms with Gasteiger partial charge in [0.2, 0.25) is 0 Å². The molecule has 2 rings (SSSR count). The zero-order chi connectivity index (χ0) is 15.4. The van der Waals surface area contributed by atoms with Crippen LogP contribution in [0.5, 0.6) is 5.75 Å². The monoisotopic (exact) mass is 288 g/mol. The van der Waals surface area contributed by atoms with Crippen LogP contribution in [0.25, 0.3) is 0 Å². The molecule has 2 aromatic carbocycles. The molecule has 1 amide bonds. The molecule has 1 atom stereocenters. The van der Waals surface area contributed by atoms with Gasteiger partial charge in [-0.1, -0.05) is 24.3 Å². The third kappa shape index (κ3) is 3.13. The molecular weight excluding hydrogens is 271 g/mol. The number of hydrogen-bond donors (Lipinski definition) is 2. The summed E-state index contributed by atoms with van der Waals surface area (Å²) in [5, 5.41) is 2.79. The third-order valence-corrected chi connectivity index (χ3v) is 3.25. The van der Waals surface area contributed by atoms with Crippen molar-refractivity contribution in [2.24, 2.45) is 0 Å². The second-order valence-electron chi connectivity index (χ2n) is 4.64. The molecule has 0 fully saturated rings. The van der Waals surface area contributed by atoms with Gasteiger partial charge in [0.25, 0.3) is 5.91 Å². The Hall–Kier alpha value is -2.56. The van der Waals surface area contributed by atoms with Crippen LogP contribution in [0, 0.1) is 5.82 Å². The Balaban J connectivity index is 2.21. The van der Waals surface area contributed by atoms with Crippen molar-refractivity contribution in [3.63, 3.8) is 0 Å². The van der Waals surface area contributed by atoms with Crippen LogP contribution in [0.2, 0.25) is 0 Å². The fourth-order valence-corrected chi connectivity index (χ4v) is 2.11. The van der Waals surface area contributed by atoms with E-state index in [1.807, 2.05) is 31.2 Å². The Morgan fingerprint density at radius 1 is 1.24 bits per heavy atom. The number of rotatable bonds is 4. The molecular formula is C16H17FN2O2. The average molecular weight is 288 g/mol. The highest BCUT2D eigenvalue weighted by Crippen LogP contribution is 2.25. The molecule has 5 heteroatoms. The van der Waals surface area contributed by atoms with Gasteiger partial charge in [0.15, 0.2) is 0 Å². The molecule has 0 spiro atoms. The molecule has 110 valence electrons. The van der Waals surface area contributed by atoms with Crippen LogP contribution in [-0.4, -0.2) is 13.0 Å². The van der Waals surface area contributed by atoms with Crippen LogP contribution in [0.15, 0.2) is 42.5 Å². The van der Waals surface area contributed by atoms with Crippen molar-refractivity contribution < 1.29 is 13.9 Å². The highest BCUT2D eigenvalue weighted by Gasteiger charge is 2.17. The Kier molecular flexibility index (Phi) is 4.42. The minimum Gasteiger partial charge on any atom is -0.496 e. The van der Waals surface area contributed by atoms with E-state index in [4.69, 9.17) is 10.5 Å². The number of nitrogens with one attached hydrogen (secondary N) is 1. The standard InChI is InChI=1S/C16H17FN2O2/c1-10(11-6-3-4-9-14(11)21-2)19-16(20)12-7-5-8-13(17)15(12)18/h3-10H,18H2,1-2H3,(H,19,20)/t10-/m0/s1. The maximum absolute atomic E-state index is 13.4. The van der Waals surface area contributed by atoms with Crippen LogP contribution >= 0.6 is 0 Å². The number of hydrogen-bond acceptors (Lipinski definition) is 3. The minimum atomic E-state index is -0.604. The van der Waals surface area contributed by atoms with Gasteiger partial charge in [-0.2, -0.15) is 0 Å². The SMILES string of the molecule is COc1ccccc1[C@H](C)NC(=O)c1cccc(F)c1N. The molecule has 0 saturated carbocycles. The third-order valence-electron chi connectivity index (χ3n) is 3.25. The number of para-hydroxylation sites is 2. The molecule has 0 aromatic heterocycles. The summed E-state index contributed by atoms with van der Waals surface area (Å²) in [6.07, 6.45) is 0. The molecule has 2 aromatic rings. The summed E-state index contributed by atoms with van der Waals surface area (Å²) in [4.78, 5) is 12.2. The molecule has 0 aliphatic heterocycles. The van der Waals surface area contributed by atoms with E-state index in [1.165, 1.54) is 18.2 Å². The van der Waals surface area contributed by atoms with Crippen LogP contribution in [0.4, 0.5) is 10.1 Å². The summed E-state index contributed by atoms with van der Waals surface area (Å²) < 4.78 is 18.7. The first-order valence-electron chi connectivity index (χ1n) is 6.52. The molecule has 3 N–H and O–H groups in total. The van der Waals surface area contributed by atoms with E-state index < -0.39 is 11.7 Å². The lowest BCUT2D eigenvalue weighted by atomic mass is 10.1. The Morgan fingerprint density at radius 3 is 2.67 bits per heavy atom. The molecule has 0 heterocycles. The number of nitrogens with two attached hydrogens (primary N) is 1. The van der Waals surface area contributed by atoms with Gasteiger partial charge in [-0.25, -0.2) is 4.39 Å². The number of benzene rings is 2. The molecule has 0 aliphatic rings. The summed E-state index contributed by atoms with van der Waals surface area (Å²) in [6.45, 7) is 1.82. The maximum atomic E-state index is 13.4. The van der Waals surface area contributed by atoms with Gasteiger partial charge in [0, 0.05) is 5.56 Å². The zero-order valence-electron chi connectivity index (χ0n) is 11.9. The Labute approximate surface area is 122 Å². The summed E-state index contributed by atoms with van der Waals surface area (Å²) in [7, 11) is 1.57. The van der Waals surface area contributed by atoms with Crippen molar-refractivity contribution in [3.05, 3.63) is 59.4 Å². The molecule has 0 aliphatic carbocycles. The van der Waals surface area contributed by atoms with Gasteiger partial charge in [0.05, 0.1) is 24.4 Å². The van der Waals surface area contributed by atoms with Crippen LogP contribution in [0.3, 0.4) is 0 Å². The van der Waals surface area contributed by atoms with Crippen molar-refractivity contribution in [3.8, 4) is 5.75 Å². The van der Waals surface area contributed by atoms with Gasteiger partial charge in [-0.05, 0) is 25.1 Å². The van der Waals surface area contributed by atoms with Crippen LogP contribution in [0.1, 0.15) is 28.9 Å².